The number of hydrogen-bond acceptors (Lipinski definition) is 4. The Morgan fingerprint density at radius 1 is 1.41 bits per heavy atom. The Kier molecular flexibility index (Phi) is 3.66. The first-order chi connectivity index (χ1) is 8.22. The Balaban J connectivity index is 2.16. The maximum absolute atomic E-state index is 9.74. The molecule has 0 amide bonds. The van der Waals surface area contributed by atoms with Crippen molar-refractivity contribution in [3.8, 4) is 0 Å². The van der Waals surface area contributed by atoms with Gasteiger partial charge < -0.3 is 20.2 Å². The fourth-order valence-electron chi connectivity index (χ4n) is 1.96. The zero-order chi connectivity index (χ0) is 12.3. The van der Waals surface area contributed by atoms with E-state index in [9.17, 15) is 5.11 Å². The summed E-state index contributed by atoms with van der Waals surface area (Å²) in [7, 11) is 1.94. The maximum Gasteiger partial charge on any atom is 0.136 e. The molecular formula is C13H18N2O2. The molecule has 0 saturated heterocycles. The predicted octanol–water partition coefficient (Wildman–Crippen LogP) is 1.58. The molecule has 0 spiro atoms. The summed E-state index contributed by atoms with van der Waals surface area (Å²) in [5.41, 5.74) is 7.28. The van der Waals surface area contributed by atoms with Crippen LogP contribution in [0.2, 0.25) is 0 Å². The molecule has 0 aliphatic carbocycles. The number of furan rings is 1. The van der Waals surface area contributed by atoms with Gasteiger partial charge in [-0.2, -0.15) is 0 Å². The molecule has 0 aliphatic rings. The molecule has 4 heteroatoms. The van der Waals surface area contributed by atoms with E-state index in [4.69, 9.17) is 10.2 Å². The Bertz CT molecular complexity index is 481. The van der Waals surface area contributed by atoms with Gasteiger partial charge >= 0.3 is 0 Å². The first-order valence-electron chi connectivity index (χ1n) is 5.78. The van der Waals surface area contributed by atoms with E-state index in [2.05, 4.69) is 0 Å². The lowest BCUT2D eigenvalue weighted by Gasteiger charge is -2.21. The molecular weight excluding hydrogens is 216 g/mol. The molecule has 0 saturated carbocycles. The van der Waals surface area contributed by atoms with Gasteiger partial charge in [-0.25, -0.2) is 0 Å². The van der Waals surface area contributed by atoms with Gasteiger partial charge in [0, 0.05) is 19.0 Å². The number of aliphatic hydroxyl groups is 1. The topological polar surface area (TPSA) is 62.6 Å². The second-order valence-electron chi connectivity index (χ2n) is 4.23. The molecule has 0 bridgehead atoms. The van der Waals surface area contributed by atoms with E-state index in [0.717, 1.165) is 16.7 Å². The summed E-state index contributed by atoms with van der Waals surface area (Å²) in [6.07, 6.45) is 1.93. The maximum atomic E-state index is 9.74. The third kappa shape index (κ3) is 2.60. The van der Waals surface area contributed by atoms with Crippen molar-refractivity contribution < 1.29 is 9.52 Å². The Morgan fingerprint density at radius 2 is 2.18 bits per heavy atom. The van der Waals surface area contributed by atoms with Crippen LogP contribution in [0.5, 0.6) is 0 Å². The number of para-hydroxylation sites is 1. The average molecular weight is 234 g/mol. The molecule has 1 aromatic carbocycles. The Labute approximate surface area is 101 Å². The molecule has 0 aliphatic heterocycles. The van der Waals surface area contributed by atoms with Crippen molar-refractivity contribution in [3.05, 3.63) is 30.5 Å². The summed E-state index contributed by atoms with van der Waals surface area (Å²) in [4.78, 5) is 1.99. The number of nitrogens with zero attached hydrogens (tertiary/aromatic N) is 1. The number of aliphatic hydroxyl groups excluding tert-OH is 1. The van der Waals surface area contributed by atoms with Crippen molar-refractivity contribution in [3.63, 3.8) is 0 Å². The smallest absolute Gasteiger partial charge is 0.136 e. The van der Waals surface area contributed by atoms with Crippen molar-refractivity contribution >= 4 is 16.7 Å². The minimum atomic E-state index is -0.404. The van der Waals surface area contributed by atoms with Crippen molar-refractivity contribution in [1.29, 1.82) is 0 Å². The number of likely N-dealkylation sites (N-methyl/N-ethyl adjacent to an activating group) is 1. The molecule has 2 aromatic rings. The second kappa shape index (κ2) is 5.21. The zero-order valence-electron chi connectivity index (χ0n) is 9.97. The monoisotopic (exact) mass is 234 g/mol. The standard InChI is InChI=1S/C13H18N2O2/c1-15(8-10(16)6-7-14)12-9-17-13-5-3-2-4-11(12)13/h2-5,9-10,16H,6-8,14H2,1H3. The normalized spacial score (nSPS) is 12.9. The van der Waals surface area contributed by atoms with Crippen LogP contribution >= 0.6 is 0 Å². The van der Waals surface area contributed by atoms with Gasteiger partial charge in [0.15, 0.2) is 0 Å². The van der Waals surface area contributed by atoms with Gasteiger partial charge in [0.25, 0.3) is 0 Å². The van der Waals surface area contributed by atoms with Crippen molar-refractivity contribution in [2.75, 3.05) is 25.0 Å². The second-order valence-corrected chi connectivity index (χ2v) is 4.23. The minimum absolute atomic E-state index is 0.404. The summed E-state index contributed by atoms with van der Waals surface area (Å²) in [6, 6.07) is 7.87. The van der Waals surface area contributed by atoms with E-state index in [1.54, 1.807) is 6.26 Å². The van der Waals surface area contributed by atoms with Crippen LogP contribution < -0.4 is 10.6 Å². The van der Waals surface area contributed by atoms with Gasteiger partial charge in [0.2, 0.25) is 0 Å². The number of hydrogen-bond donors (Lipinski definition) is 2. The van der Waals surface area contributed by atoms with Gasteiger partial charge in [0.1, 0.15) is 11.8 Å². The Morgan fingerprint density at radius 3 is 2.94 bits per heavy atom. The summed E-state index contributed by atoms with van der Waals surface area (Å²) < 4.78 is 5.46. The molecule has 3 N–H and O–H groups in total. The highest BCUT2D eigenvalue weighted by Crippen LogP contribution is 2.28. The summed E-state index contributed by atoms with van der Waals surface area (Å²) in [5.74, 6) is 0. The third-order valence-electron chi connectivity index (χ3n) is 2.86. The van der Waals surface area contributed by atoms with Crippen LogP contribution in [0.1, 0.15) is 6.42 Å². The summed E-state index contributed by atoms with van der Waals surface area (Å²) in [5, 5.41) is 10.8. The summed E-state index contributed by atoms with van der Waals surface area (Å²) >= 11 is 0. The number of anilines is 1. The molecule has 1 heterocycles. The van der Waals surface area contributed by atoms with Crippen LogP contribution in [-0.2, 0) is 0 Å². The van der Waals surface area contributed by atoms with Gasteiger partial charge in [-0.05, 0) is 25.1 Å². The van der Waals surface area contributed by atoms with Crippen molar-refractivity contribution in [2.45, 2.75) is 12.5 Å². The van der Waals surface area contributed by atoms with Crippen LogP contribution in [0.15, 0.2) is 34.9 Å². The first-order valence-corrected chi connectivity index (χ1v) is 5.78. The number of fused-ring (bicyclic) bond motifs is 1. The third-order valence-corrected chi connectivity index (χ3v) is 2.86. The largest absolute Gasteiger partial charge is 0.462 e. The summed E-state index contributed by atoms with van der Waals surface area (Å²) in [6.45, 7) is 1.06. The van der Waals surface area contributed by atoms with Crippen molar-refractivity contribution in [2.24, 2.45) is 5.73 Å². The van der Waals surface area contributed by atoms with Gasteiger partial charge in [-0.15, -0.1) is 0 Å². The molecule has 1 atom stereocenters. The number of benzene rings is 1. The van der Waals surface area contributed by atoms with Crippen molar-refractivity contribution in [1.82, 2.24) is 0 Å². The quantitative estimate of drug-likeness (QED) is 0.824. The molecule has 0 fully saturated rings. The van der Waals surface area contributed by atoms with Gasteiger partial charge in [0.05, 0.1) is 11.8 Å². The molecule has 0 radical (unpaired) electrons. The highest BCUT2D eigenvalue weighted by molar-refractivity contribution is 5.90. The van der Waals surface area contributed by atoms with Gasteiger partial charge in [-0.1, -0.05) is 12.1 Å². The number of nitrogens with two attached hydrogens (primary N) is 1. The van der Waals surface area contributed by atoms with E-state index >= 15 is 0 Å². The predicted molar refractivity (Wildman–Crippen MR) is 69.2 cm³/mol. The van der Waals surface area contributed by atoms with Crippen LogP contribution in [0.4, 0.5) is 5.69 Å². The lowest BCUT2D eigenvalue weighted by atomic mass is 10.2. The first kappa shape index (κ1) is 12.0. The minimum Gasteiger partial charge on any atom is -0.462 e. The fourth-order valence-corrected chi connectivity index (χ4v) is 1.96. The zero-order valence-corrected chi connectivity index (χ0v) is 9.97. The van der Waals surface area contributed by atoms with E-state index in [1.165, 1.54) is 0 Å². The van der Waals surface area contributed by atoms with Crippen LogP contribution in [0.25, 0.3) is 11.0 Å². The molecule has 92 valence electrons. The highest BCUT2D eigenvalue weighted by atomic mass is 16.3. The van der Waals surface area contributed by atoms with Crippen LogP contribution in [0, 0.1) is 0 Å². The number of rotatable bonds is 5. The lowest BCUT2D eigenvalue weighted by molar-refractivity contribution is 0.174. The molecule has 17 heavy (non-hydrogen) atoms. The van der Waals surface area contributed by atoms with E-state index in [0.29, 0.717) is 19.5 Å². The van der Waals surface area contributed by atoms with E-state index < -0.39 is 6.10 Å². The molecule has 1 aromatic heterocycles. The van der Waals surface area contributed by atoms with Gasteiger partial charge in [-0.3, -0.25) is 0 Å². The van der Waals surface area contributed by atoms with Crippen LogP contribution in [-0.4, -0.2) is 31.3 Å². The highest BCUT2D eigenvalue weighted by Gasteiger charge is 2.12. The van der Waals surface area contributed by atoms with Crippen LogP contribution in [0.3, 0.4) is 0 Å². The molecule has 4 nitrogen and oxygen atoms in total. The van der Waals surface area contributed by atoms with E-state index in [1.807, 2.05) is 36.2 Å². The molecule has 1 unspecified atom stereocenters. The Hall–Kier alpha value is -1.52. The SMILES string of the molecule is CN(CC(O)CCN)c1coc2ccccc12. The average Bonchev–Trinajstić information content (AvgIpc) is 2.72. The lowest BCUT2D eigenvalue weighted by Crippen LogP contribution is -2.30. The molecule has 2 rings (SSSR count). The fraction of sp³-hybridized carbons (Fsp3) is 0.385. The van der Waals surface area contributed by atoms with E-state index in [-0.39, 0.29) is 0 Å².